The molecule has 1 fully saturated rings. The van der Waals surface area contributed by atoms with E-state index in [1.165, 1.54) is 19.3 Å². The molecule has 0 bridgehead atoms. The molecule has 2 heterocycles. The van der Waals surface area contributed by atoms with Crippen LogP contribution in [0.15, 0.2) is 67.0 Å². The Morgan fingerprint density at radius 1 is 0.885 bits per heavy atom. The van der Waals surface area contributed by atoms with Gasteiger partial charge in [-0.15, -0.1) is 0 Å². The lowest BCUT2D eigenvalue weighted by molar-refractivity contribution is 0.445. The highest BCUT2D eigenvalue weighted by Crippen LogP contribution is 2.28. The van der Waals surface area contributed by atoms with Gasteiger partial charge in [0.2, 0.25) is 0 Å². The molecule has 0 aliphatic heterocycles. The van der Waals surface area contributed by atoms with Gasteiger partial charge in [-0.05, 0) is 43.5 Å². The predicted molar refractivity (Wildman–Crippen MR) is 103 cm³/mol. The first-order valence-corrected chi connectivity index (χ1v) is 9.00. The molecule has 128 valence electrons. The Kier molecular flexibility index (Phi) is 3.63. The summed E-state index contributed by atoms with van der Waals surface area (Å²) in [4.78, 5) is 13.6. The summed E-state index contributed by atoms with van der Waals surface area (Å²) >= 11 is 0. The highest BCUT2D eigenvalue weighted by Gasteiger charge is 2.18. The first-order chi connectivity index (χ1) is 12.9. The third kappa shape index (κ3) is 2.62. The summed E-state index contributed by atoms with van der Waals surface area (Å²) in [6.45, 7) is 0. The van der Waals surface area contributed by atoms with Gasteiger partial charge in [-0.3, -0.25) is 4.57 Å². The smallest absolute Gasteiger partial charge is 0.198 e. The lowest BCUT2D eigenvalue weighted by atomic mass is 9.93. The van der Waals surface area contributed by atoms with Crippen LogP contribution in [-0.2, 0) is 0 Å². The van der Waals surface area contributed by atoms with Crippen molar-refractivity contribution in [3.63, 3.8) is 0 Å². The van der Waals surface area contributed by atoms with Crippen LogP contribution in [-0.4, -0.2) is 25.6 Å². The van der Waals surface area contributed by atoms with Crippen LogP contribution in [0.2, 0.25) is 0 Å². The van der Waals surface area contributed by atoms with Crippen LogP contribution >= 0.6 is 0 Å². The highest BCUT2D eigenvalue weighted by atomic mass is 15.2. The summed E-state index contributed by atoms with van der Waals surface area (Å²) < 4.78 is 2.07. The Bertz CT molecular complexity index is 1030. The third-order valence-corrected chi connectivity index (χ3v) is 4.93. The largest absolute Gasteiger partial charge is 0.382 e. The third-order valence-electron chi connectivity index (χ3n) is 4.93. The Balaban J connectivity index is 1.61. The van der Waals surface area contributed by atoms with Crippen LogP contribution in [0.1, 0.15) is 19.3 Å². The molecule has 0 amide bonds. The fourth-order valence-corrected chi connectivity index (χ4v) is 3.33. The van der Waals surface area contributed by atoms with Crippen LogP contribution in [0, 0.1) is 0 Å². The van der Waals surface area contributed by atoms with Gasteiger partial charge in [0.1, 0.15) is 5.82 Å². The fourth-order valence-electron chi connectivity index (χ4n) is 3.33. The first kappa shape index (κ1) is 15.1. The van der Waals surface area contributed by atoms with Gasteiger partial charge >= 0.3 is 0 Å². The minimum atomic E-state index is 0.626. The average molecular weight is 341 g/mol. The number of nitrogens with one attached hydrogen (secondary N) is 1. The number of rotatable bonds is 4. The topological polar surface area (TPSA) is 55.6 Å². The predicted octanol–water partition coefficient (Wildman–Crippen LogP) is 4.45. The van der Waals surface area contributed by atoms with Gasteiger partial charge in [0.05, 0.1) is 0 Å². The van der Waals surface area contributed by atoms with Crippen molar-refractivity contribution in [3.8, 4) is 17.1 Å². The van der Waals surface area contributed by atoms with Crippen LogP contribution in [0.3, 0.4) is 0 Å². The van der Waals surface area contributed by atoms with Gasteiger partial charge in [0.25, 0.3) is 0 Å². The first-order valence-electron chi connectivity index (χ1n) is 9.00. The van der Waals surface area contributed by atoms with E-state index in [2.05, 4.69) is 56.3 Å². The number of anilines is 1. The van der Waals surface area contributed by atoms with E-state index in [0.29, 0.717) is 11.7 Å². The molecule has 5 rings (SSSR count). The van der Waals surface area contributed by atoms with Crippen LogP contribution in [0.5, 0.6) is 0 Å². The Morgan fingerprint density at radius 3 is 2.38 bits per heavy atom. The van der Waals surface area contributed by atoms with Crippen LogP contribution < -0.4 is 5.32 Å². The molecule has 26 heavy (non-hydrogen) atoms. The number of imidazole rings is 1. The molecule has 1 saturated carbocycles. The molecule has 0 saturated heterocycles. The SMILES string of the molecule is c1ccc(-c2nc3nccnc3n2-c2ccc(NC3CCC3)cc2)cc1. The zero-order valence-electron chi connectivity index (χ0n) is 14.3. The van der Waals surface area contributed by atoms with E-state index in [1.807, 2.05) is 18.2 Å². The molecule has 5 nitrogen and oxygen atoms in total. The van der Waals surface area contributed by atoms with Gasteiger partial charge in [0, 0.05) is 35.4 Å². The van der Waals surface area contributed by atoms with Crippen LogP contribution in [0.4, 0.5) is 5.69 Å². The van der Waals surface area contributed by atoms with Crippen molar-refractivity contribution < 1.29 is 0 Å². The number of nitrogens with zero attached hydrogens (tertiary/aromatic N) is 4. The lowest BCUT2D eigenvalue weighted by Gasteiger charge is -2.27. The number of fused-ring (bicyclic) bond motifs is 1. The molecule has 0 unspecified atom stereocenters. The normalized spacial score (nSPS) is 14.3. The Labute approximate surface area is 151 Å². The second-order valence-electron chi connectivity index (χ2n) is 6.66. The van der Waals surface area contributed by atoms with E-state index in [-0.39, 0.29) is 0 Å². The molecule has 0 spiro atoms. The van der Waals surface area contributed by atoms with E-state index in [4.69, 9.17) is 4.98 Å². The van der Waals surface area contributed by atoms with E-state index in [9.17, 15) is 0 Å². The van der Waals surface area contributed by atoms with E-state index in [0.717, 1.165) is 28.4 Å². The van der Waals surface area contributed by atoms with Crippen molar-refractivity contribution in [2.45, 2.75) is 25.3 Å². The van der Waals surface area contributed by atoms with Crippen molar-refractivity contribution in [1.82, 2.24) is 19.5 Å². The number of aromatic nitrogens is 4. The monoisotopic (exact) mass is 341 g/mol. The van der Waals surface area contributed by atoms with Gasteiger partial charge in [-0.25, -0.2) is 15.0 Å². The summed E-state index contributed by atoms with van der Waals surface area (Å²) in [5.74, 6) is 0.853. The zero-order valence-corrected chi connectivity index (χ0v) is 14.3. The number of benzene rings is 2. The Hall–Kier alpha value is -3.21. The summed E-state index contributed by atoms with van der Waals surface area (Å²) in [6, 6.07) is 19.3. The number of hydrogen-bond acceptors (Lipinski definition) is 4. The second-order valence-corrected chi connectivity index (χ2v) is 6.66. The van der Waals surface area contributed by atoms with Gasteiger partial charge in [0.15, 0.2) is 11.3 Å². The van der Waals surface area contributed by atoms with Crippen molar-refractivity contribution >= 4 is 17.0 Å². The molecule has 1 aliphatic rings. The minimum absolute atomic E-state index is 0.626. The van der Waals surface area contributed by atoms with E-state index >= 15 is 0 Å². The summed E-state index contributed by atoms with van der Waals surface area (Å²) in [5.41, 5.74) is 4.67. The molecule has 2 aromatic carbocycles. The molecule has 5 heteroatoms. The maximum atomic E-state index is 4.73. The molecular weight excluding hydrogens is 322 g/mol. The summed E-state index contributed by atoms with van der Waals surface area (Å²) in [5, 5.41) is 3.58. The van der Waals surface area contributed by atoms with E-state index in [1.54, 1.807) is 12.4 Å². The molecule has 4 aromatic rings. The summed E-state index contributed by atoms with van der Waals surface area (Å²) in [6.07, 6.45) is 7.25. The minimum Gasteiger partial charge on any atom is -0.382 e. The maximum absolute atomic E-state index is 4.73. The second kappa shape index (κ2) is 6.26. The van der Waals surface area contributed by atoms with Crippen molar-refractivity contribution in [3.05, 3.63) is 67.0 Å². The highest BCUT2D eigenvalue weighted by molar-refractivity contribution is 5.77. The quantitative estimate of drug-likeness (QED) is 0.596. The van der Waals surface area contributed by atoms with E-state index < -0.39 is 0 Å². The van der Waals surface area contributed by atoms with Crippen LogP contribution in [0.25, 0.3) is 28.4 Å². The standard InChI is InChI=1S/C21H19N5/c1-2-5-15(6-3-1)20-25-19-21(23-14-13-22-19)26(20)18-11-9-17(10-12-18)24-16-7-4-8-16/h1-3,5-6,9-14,16,24H,4,7-8H2. The molecule has 1 aliphatic carbocycles. The van der Waals surface area contributed by atoms with Crippen molar-refractivity contribution in [2.75, 3.05) is 5.32 Å². The lowest BCUT2D eigenvalue weighted by Crippen LogP contribution is -2.26. The fraction of sp³-hybridized carbons (Fsp3) is 0.190. The molecule has 1 N–H and O–H groups in total. The molecule has 2 aromatic heterocycles. The van der Waals surface area contributed by atoms with Crippen molar-refractivity contribution in [1.29, 1.82) is 0 Å². The Morgan fingerprint density at radius 2 is 1.65 bits per heavy atom. The maximum Gasteiger partial charge on any atom is 0.198 e. The molecular formula is C21H19N5. The molecule has 0 atom stereocenters. The van der Waals surface area contributed by atoms with Gasteiger partial charge < -0.3 is 5.32 Å². The van der Waals surface area contributed by atoms with Gasteiger partial charge in [-0.1, -0.05) is 30.3 Å². The average Bonchev–Trinajstić information content (AvgIpc) is 3.05. The van der Waals surface area contributed by atoms with Gasteiger partial charge in [-0.2, -0.15) is 0 Å². The molecule has 0 radical (unpaired) electrons. The van der Waals surface area contributed by atoms with Crippen molar-refractivity contribution in [2.24, 2.45) is 0 Å². The summed E-state index contributed by atoms with van der Waals surface area (Å²) in [7, 11) is 0. The number of hydrogen-bond donors (Lipinski definition) is 1. The zero-order chi connectivity index (χ0) is 17.3.